The first-order valence-electron chi connectivity index (χ1n) is 8.65. The Bertz CT molecular complexity index is 919. The van der Waals surface area contributed by atoms with Crippen molar-refractivity contribution < 1.29 is 4.79 Å². The smallest absolute Gasteiger partial charge is 0.271 e. The lowest BCUT2D eigenvalue weighted by Crippen LogP contribution is -2.20. The van der Waals surface area contributed by atoms with Crippen LogP contribution in [0.3, 0.4) is 0 Å². The minimum absolute atomic E-state index is 0.218. The monoisotopic (exact) mass is 379 g/mol. The summed E-state index contributed by atoms with van der Waals surface area (Å²) in [5.41, 5.74) is 6.20. The number of aryl methyl sites for hydroxylation is 1. The molecule has 27 heavy (non-hydrogen) atoms. The molecule has 1 heterocycles. The SMILES string of the molecule is CC/C(=N/NC(=O)c1ccc(CSc2nncn2C)cc1)c1ccccc1. The first kappa shape index (κ1) is 18.8. The average molecular weight is 379 g/mol. The Labute approximate surface area is 162 Å². The number of aromatic nitrogens is 3. The second-order valence-corrected chi connectivity index (χ2v) is 6.87. The maximum atomic E-state index is 12.4. The van der Waals surface area contributed by atoms with Crippen LogP contribution < -0.4 is 5.43 Å². The molecule has 1 N–H and O–H groups in total. The van der Waals surface area contributed by atoms with Gasteiger partial charge in [-0.2, -0.15) is 5.10 Å². The topological polar surface area (TPSA) is 72.2 Å². The third-order valence-electron chi connectivity index (χ3n) is 3.99. The fourth-order valence-electron chi connectivity index (χ4n) is 2.46. The van der Waals surface area contributed by atoms with Gasteiger partial charge < -0.3 is 4.57 Å². The highest BCUT2D eigenvalue weighted by Crippen LogP contribution is 2.20. The first-order valence-corrected chi connectivity index (χ1v) is 9.64. The number of hydrazone groups is 1. The van der Waals surface area contributed by atoms with Gasteiger partial charge in [-0.3, -0.25) is 4.79 Å². The van der Waals surface area contributed by atoms with E-state index in [0.29, 0.717) is 5.56 Å². The summed E-state index contributed by atoms with van der Waals surface area (Å²) in [6.07, 6.45) is 2.42. The molecule has 0 saturated heterocycles. The van der Waals surface area contributed by atoms with Crippen LogP contribution in [0.1, 0.15) is 34.8 Å². The number of benzene rings is 2. The lowest BCUT2D eigenvalue weighted by molar-refractivity contribution is 0.0955. The van der Waals surface area contributed by atoms with Crippen molar-refractivity contribution in [2.75, 3.05) is 0 Å². The number of nitrogens with one attached hydrogen (secondary N) is 1. The summed E-state index contributed by atoms with van der Waals surface area (Å²) >= 11 is 1.60. The molecular formula is C20H21N5OS. The van der Waals surface area contributed by atoms with Crippen LogP contribution >= 0.6 is 11.8 Å². The van der Waals surface area contributed by atoms with E-state index < -0.39 is 0 Å². The molecule has 0 saturated carbocycles. The summed E-state index contributed by atoms with van der Waals surface area (Å²) in [7, 11) is 1.91. The fraction of sp³-hybridized carbons (Fsp3) is 0.200. The predicted molar refractivity (Wildman–Crippen MR) is 108 cm³/mol. The molecule has 138 valence electrons. The standard InChI is InChI=1S/C20H21N5OS/c1-3-18(16-7-5-4-6-8-16)22-23-19(26)17-11-9-15(10-12-17)13-27-20-24-21-14-25(20)2/h4-12,14H,3,13H2,1-2H3,(H,23,26)/b22-18-. The van der Waals surface area contributed by atoms with E-state index in [-0.39, 0.29) is 5.91 Å². The van der Waals surface area contributed by atoms with Gasteiger partial charge in [-0.1, -0.05) is 61.2 Å². The largest absolute Gasteiger partial charge is 0.312 e. The number of thioether (sulfide) groups is 1. The van der Waals surface area contributed by atoms with Gasteiger partial charge in [-0.15, -0.1) is 10.2 Å². The lowest BCUT2D eigenvalue weighted by atomic mass is 10.1. The Morgan fingerprint density at radius 1 is 1.11 bits per heavy atom. The Balaban J connectivity index is 1.60. The van der Waals surface area contributed by atoms with Crippen molar-refractivity contribution in [1.29, 1.82) is 0 Å². The zero-order chi connectivity index (χ0) is 19.1. The fourth-order valence-corrected chi connectivity index (χ4v) is 3.31. The van der Waals surface area contributed by atoms with Crippen molar-refractivity contribution in [3.63, 3.8) is 0 Å². The molecule has 6 nitrogen and oxygen atoms in total. The van der Waals surface area contributed by atoms with Crippen LogP contribution in [0, 0.1) is 0 Å². The van der Waals surface area contributed by atoms with Gasteiger partial charge in [0.25, 0.3) is 5.91 Å². The third kappa shape index (κ3) is 5.04. The molecule has 0 aliphatic rings. The second-order valence-electron chi connectivity index (χ2n) is 5.93. The van der Waals surface area contributed by atoms with Gasteiger partial charge in [-0.05, 0) is 29.7 Å². The van der Waals surface area contributed by atoms with Crippen molar-refractivity contribution in [3.8, 4) is 0 Å². The van der Waals surface area contributed by atoms with Crippen molar-refractivity contribution in [1.82, 2.24) is 20.2 Å². The first-order chi connectivity index (χ1) is 13.2. The highest BCUT2D eigenvalue weighted by Gasteiger charge is 2.07. The molecule has 0 aliphatic heterocycles. The molecule has 3 aromatic rings. The lowest BCUT2D eigenvalue weighted by Gasteiger charge is -2.06. The number of hydrogen-bond donors (Lipinski definition) is 1. The minimum Gasteiger partial charge on any atom is -0.312 e. The van der Waals surface area contributed by atoms with Gasteiger partial charge >= 0.3 is 0 Å². The van der Waals surface area contributed by atoms with Gasteiger partial charge in [0.2, 0.25) is 0 Å². The van der Waals surface area contributed by atoms with E-state index in [2.05, 4.69) is 20.7 Å². The molecular weight excluding hydrogens is 358 g/mol. The zero-order valence-corrected chi connectivity index (χ0v) is 16.1. The number of nitrogens with zero attached hydrogens (tertiary/aromatic N) is 4. The van der Waals surface area contributed by atoms with Gasteiger partial charge in [0.15, 0.2) is 5.16 Å². The quantitative estimate of drug-likeness (QED) is 0.386. The maximum Gasteiger partial charge on any atom is 0.271 e. The Hall–Kier alpha value is -2.93. The minimum atomic E-state index is -0.218. The molecule has 0 fully saturated rings. The highest BCUT2D eigenvalue weighted by atomic mass is 32.2. The number of hydrogen-bond acceptors (Lipinski definition) is 5. The van der Waals surface area contributed by atoms with E-state index in [4.69, 9.17) is 0 Å². The predicted octanol–water partition coefficient (Wildman–Crippen LogP) is 3.65. The summed E-state index contributed by atoms with van der Waals surface area (Å²) in [4.78, 5) is 12.4. The number of carbonyl (C=O) groups excluding carboxylic acids is 1. The molecule has 2 aromatic carbocycles. The van der Waals surface area contributed by atoms with Gasteiger partial charge in [0.1, 0.15) is 6.33 Å². The number of carbonyl (C=O) groups is 1. The number of rotatable bonds is 7. The van der Waals surface area contributed by atoms with E-state index in [0.717, 1.165) is 34.2 Å². The van der Waals surface area contributed by atoms with Crippen LogP contribution in [0.15, 0.2) is 71.2 Å². The molecule has 3 rings (SSSR count). The summed E-state index contributed by atoms with van der Waals surface area (Å²) in [5, 5.41) is 13.1. The molecule has 0 radical (unpaired) electrons. The average Bonchev–Trinajstić information content (AvgIpc) is 3.12. The summed E-state index contributed by atoms with van der Waals surface area (Å²) in [6.45, 7) is 2.02. The highest BCUT2D eigenvalue weighted by molar-refractivity contribution is 7.98. The van der Waals surface area contributed by atoms with Crippen LogP contribution in [-0.4, -0.2) is 26.4 Å². The Kier molecular flexibility index (Phi) is 6.38. The summed E-state index contributed by atoms with van der Waals surface area (Å²) in [5.74, 6) is 0.546. The van der Waals surface area contributed by atoms with E-state index in [1.165, 1.54) is 0 Å². The molecule has 7 heteroatoms. The summed E-state index contributed by atoms with van der Waals surface area (Å²) in [6, 6.07) is 17.4. The van der Waals surface area contributed by atoms with Gasteiger partial charge in [0.05, 0.1) is 5.71 Å². The summed E-state index contributed by atoms with van der Waals surface area (Å²) < 4.78 is 1.88. The molecule has 0 aliphatic carbocycles. The Morgan fingerprint density at radius 2 is 1.85 bits per heavy atom. The van der Waals surface area contributed by atoms with Gasteiger partial charge in [-0.25, -0.2) is 5.43 Å². The molecule has 1 aromatic heterocycles. The molecule has 0 spiro atoms. The van der Waals surface area contributed by atoms with E-state index in [1.54, 1.807) is 18.1 Å². The molecule has 0 atom stereocenters. The normalized spacial score (nSPS) is 11.4. The van der Waals surface area contributed by atoms with Crippen LogP contribution in [0.4, 0.5) is 0 Å². The van der Waals surface area contributed by atoms with Crippen LogP contribution in [0.5, 0.6) is 0 Å². The number of amides is 1. The van der Waals surface area contributed by atoms with Crippen molar-refractivity contribution in [3.05, 3.63) is 77.6 Å². The van der Waals surface area contributed by atoms with Gasteiger partial charge in [0, 0.05) is 18.4 Å². The second kappa shape index (κ2) is 9.14. The van der Waals surface area contributed by atoms with Crippen LogP contribution in [-0.2, 0) is 12.8 Å². The van der Waals surface area contributed by atoms with Crippen LogP contribution in [0.2, 0.25) is 0 Å². The van der Waals surface area contributed by atoms with Crippen molar-refractivity contribution in [2.24, 2.45) is 12.1 Å². The van der Waals surface area contributed by atoms with E-state index in [1.807, 2.05) is 73.1 Å². The molecule has 1 amide bonds. The van der Waals surface area contributed by atoms with Crippen LogP contribution in [0.25, 0.3) is 0 Å². The van der Waals surface area contributed by atoms with E-state index >= 15 is 0 Å². The molecule has 0 unspecified atom stereocenters. The van der Waals surface area contributed by atoms with Crippen molar-refractivity contribution in [2.45, 2.75) is 24.3 Å². The third-order valence-corrected chi connectivity index (χ3v) is 5.09. The molecule has 0 bridgehead atoms. The maximum absolute atomic E-state index is 12.4. The van der Waals surface area contributed by atoms with E-state index in [9.17, 15) is 4.79 Å². The Morgan fingerprint density at radius 3 is 2.48 bits per heavy atom. The van der Waals surface area contributed by atoms with Crippen molar-refractivity contribution >= 4 is 23.4 Å². The zero-order valence-electron chi connectivity index (χ0n) is 15.3.